The Kier molecular flexibility index (Phi) is 21.1. The van der Waals surface area contributed by atoms with Crippen molar-refractivity contribution in [2.45, 2.75) is 18.1 Å². The Bertz CT molecular complexity index is 367. The highest BCUT2D eigenvalue weighted by Crippen LogP contribution is 2.22. The summed E-state index contributed by atoms with van der Waals surface area (Å²) < 4.78 is 13.2. The van der Waals surface area contributed by atoms with Crippen LogP contribution in [0.4, 0.5) is 0 Å². The van der Waals surface area contributed by atoms with Gasteiger partial charge in [-0.3, -0.25) is 14.4 Å². The van der Waals surface area contributed by atoms with Crippen molar-refractivity contribution in [1.82, 2.24) is 0 Å². The highest BCUT2D eigenvalue weighted by atomic mass is 33.1. The van der Waals surface area contributed by atoms with Crippen LogP contribution in [0.5, 0.6) is 0 Å². The zero-order chi connectivity index (χ0) is 19.1. The zero-order valence-corrected chi connectivity index (χ0v) is 16.8. The average Bonchev–Trinajstić information content (AvgIpc) is 2.62. The number of methoxy groups -OCH3 is 3. The summed E-state index contributed by atoms with van der Waals surface area (Å²) >= 11 is 3.78. The third kappa shape index (κ3) is 15.3. The number of hydrogen-bond donors (Lipinski definition) is 4. The number of thiol groups is 1. The lowest BCUT2D eigenvalue weighted by atomic mass is 10.4. The molecule has 150 valence electrons. The summed E-state index contributed by atoms with van der Waals surface area (Å²) in [5.41, 5.74) is 16.2. The van der Waals surface area contributed by atoms with Crippen molar-refractivity contribution in [3.63, 3.8) is 0 Å². The highest BCUT2D eigenvalue weighted by molar-refractivity contribution is 8.76. The minimum absolute atomic E-state index is 0. The molecule has 8 N–H and O–H groups in total. The lowest BCUT2D eigenvalue weighted by Gasteiger charge is -2.10. The van der Waals surface area contributed by atoms with Gasteiger partial charge < -0.3 is 36.9 Å². The number of esters is 3. The first kappa shape index (κ1) is 29.1. The van der Waals surface area contributed by atoms with Gasteiger partial charge in [-0.1, -0.05) is 21.6 Å². The number of nitrogens with two attached hydrogens (primary N) is 3. The van der Waals surface area contributed by atoms with Crippen molar-refractivity contribution in [1.29, 1.82) is 0 Å². The Hall–Kier alpha value is -0.700. The predicted octanol–water partition coefficient (Wildman–Crippen LogP) is -2.04. The molecule has 13 heteroatoms. The standard InChI is InChI=1S/C8H16N2O4S2.C4H9NO2S.H2O/c1-13-7(11)5(9)3-15-16-4-6(10)8(12)14-2;1-7-4(6)3(5)2-8;/h5-6H,3-4,9-10H2,1-2H3;3,8H,2,5H2,1H3;1H2/t5-,6-;3-;/m00./s1. The van der Waals surface area contributed by atoms with Gasteiger partial charge in [-0.25, -0.2) is 0 Å². The highest BCUT2D eigenvalue weighted by Gasteiger charge is 2.16. The van der Waals surface area contributed by atoms with Crippen molar-refractivity contribution >= 4 is 52.1 Å². The Morgan fingerprint density at radius 3 is 1.28 bits per heavy atom. The lowest BCUT2D eigenvalue weighted by molar-refractivity contribution is -0.142. The van der Waals surface area contributed by atoms with Gasteiger partial charge in [0.05, 0.1) is 21.3 Å². The summed E-state index contributed by atoms with van der Waals surface area (Å²) in [7, 11) is 6.60. The Labute approximate surface area is 160 Å². The van der Waals surface area contributed by atoms with Crippen LogP contribution in [0.1, 0.15) is 0 Å². The van der Waals surface area contributed by atoms with E-state index >= 15 is 0 Å². The molecule has 0 aliphatic carbocycles. The lowest BCUT2D eigenvalue weighted by Crippen LogP contribution is -2.34. The third-order valence-corrected chi connectivity index (χ3v) is 5.15. The number of rotatable bonds is 9. The van der Waals surface area contributed by atoms with Gasteiger partial charge >= 0.3 is 17.9 Å². The molecule has 0 aliphatic heterocycles. The van der Waals surface area contributed by atoms with Gasteiger partial charge in [0.25, 0.3) is 0 Å². The smallest absolute Gasteiger partial charge is 0.323 e. The molecule has 0 saturated heterocycles. The third-order valence-electron chi connectivity index (χ3n) is 2.29. The number of ether oxygens (including phenoxy) is 3. The van der Waals surface area contributed by atoms with Crippen LogP contribution >= 0.6 is 34.2 Å². The van der Waals surface area contributed by atoms with Crippen molar-refractivity contribution < 1.29 is 34.1 Å². The second-order valence-electron chi connectivity index (χ2n) is 4.14. The van der Waals surface area contributed by atoms with E-state index in [0.717, 1.165) is 0 Å². The van der Waals surface area contributed by atoms with Gasteiger partial charge in [-0.2, -0.15) is 12.6 Å². The minimum Gasteiger partial charge on any atom is -0.468 e. The fourth-order valence-electron chi connectivity index (χ4n) is 0.908. The van der Waals surface area contributed by atoms with Crippen molar-refractivity contribution in [3.05, 3.63) is 0 Å². The monoisotopic (exact) mass is 421 g/mol. The van der Waals surface area contributed by atoms with Gasteiger partial charge in [0.15, 0.2) is 0 Å². The molecule has 0 amide bonds. The molecule has 0 aromatic rings. The molecule has 0 bridgehead atoms. The average molecular weight is 422 g/mol. The minimum atomic E-state index is -0.656. The van der Waals surface area contributed by atoms with Gasteiger partial charge in [-0.05, 0) is 0 Å². The molecular weight excluding hydrogens is 394 g/mol. The quantitative estimate of drug-likeness (QED) is 0.105. The summed E-state index contributed by atoms with van der Waals surface area (Å²) in [6, 6.07) is -1.89. The van der Waals surface area contributed by atoms with Crippen molar-refractivity contribution in [2.24, 2.45) is 17.2 Å². The van der Waals surface area contributed by atoms with E-state index in [1.165, 1.54) is 42.9 Å². The topological polar surface area (TPSA) is 188 Å². The molecule has 3 atom stereocenters. The first-order valence-corrected chi connectivity index (χ1v) is 9.72. The van der Waals surface area contributed by atoms with Crippen molar-refractivity contribution in [3.8, 4) is 0 Å². The number of hydrogen-bond acceptors (Lipinski definition) is 12. The Morgan fingerprint density at radius 1 is 0.800 bits per heavy atom. The van der Waals surface area contributed by atoms with E-state index < -0.39 is 36.0 Å². The molecule has 0 fully saturated rings. The van der Waals surface area contributed by atoms with E-state index in [-0.39, 0.29) is 5.48 Å². The molecule has 0 radical (unpaired) electrons. The second-order valence-corrected chi connectivity index (χ2v) is 7.06. The van der Waals surface area contributed by atoms with Crippen LogP contribution in [0.3, 0.4) is 0 Å². The van der Waals surface area contributed by atoms with Gasteiger partial charge in [0.1, 0.15) is 18.1 Å². The molecule has 0 spiro atoms. The molecule has 0 heterocycles. The van der Waals surface area contributed by atoms with E-state index in [0.29, 0.717) is 17.3 Å². The molecule has 0 aromatic heterocycles. The maximum absolute atomic E-state index is 10.9. The summed E-state index contributed by atoms with van der Waals surface area (Å²) in [5.74, 6) is -0.181. The van der Waals surface area contributed by atoms with Crippen LogP contribution in [-0.2, 0) is 28.6 Å². The number of carbonyl (C=O) groups is 3. The molecule has 0 rings (SSSR count). The van der Waals surface area contributed by atoms with Crippen LogP contribution in [0.25, 0.3) is 0 Å². The molecule has 25 heavy (non-hydrogen) atoms. The normalized spacial score (nSPS) is 13.1. The van der Waals surface area contributed by atoms with Crippen LogP contribution in [0.15, 0.2) is 0 Å². The predicted molar refractivity (Wildman–Crippen MR) is 102 cm³/mol. The summed E-state index contributed by atoms with van der Waals surface area (Å²) in [5, 5.41) is 0. The molecule has 0 aromatic carbocycles. The second kappa shape index (κ2) is 18.1. The maximum Gasteiger partial charge on any atom is 0.323 e. The van der Waals surface area contributed by atoms with Crippen LogP contribution in [-0.4, -0.2) is 80.1 Å². The van der Waals surface area contributed by atoms with Crippen LogP contribution in [0.2, 0.25) is 0 Å². The van der Waals surface area contributed by atoms with Crippen molar-refractivity contribution in [2.75, 3.05) is 38.6 Å². The van der Waals surface area contributed by atoms with E-state index in [9.17, 15) is 14.4 Å². The maximum atomic E-state index is 10.9. The molecule has 0 unspecified atom stereocenters. The first-order chi connectivity index (χ1) is 11.2. The first-order valence-electron chi connectivity index (χ1n) is 6.60. The fraction of sp³-hybridized carbons (Fsp3) is 0.750. The SMILES string of the molecule is COC(=O)[C@@H](N)CS.COC(=O)[C@@H](N)CSSC[C@H](N)C(=O)OC.O. The van der Waals surface area contributed by atoms with Crippen LogP contribution in [0, 0.1) is 0 Å². The Balaban J connectivity index is -0.000000457. The fourth-order valence-corrected chi connectivity index (χ4v) is 3.27. The van der Waals surface area contributed by atoms with E-state index in [1.807, 2.05) is 0 Å². The molecular formula is C12H27N3O7S3. The summed E-state index contributed by atoms with van der Waals surface area (Å²) in [6.45, 7) is 0. The van der Waals surface area contributed by atoms with E-state index in [1.54, 1.807) is 0 Å². The summed E-state index contributed by atoms with van der Waals surface area (Å²) in [4.78, 5) is 32.2. The van der Waals surface area contributed by atoms with E-state index in [4.69, 9.17) is 17.2 Å². The molecule has 0 saturated carbocycles. The van der Waals surface area contributed by atoms with Gasteiger partial charge in [0, 0.05) is 17.3 Å². The van der Waals surface area contributed by atoms with E-state index in [2.05, 4.69) is 26.8 Å². The van der Waals surface area contributed by atoms with Gasteiger partial charge in [0.2, 0.25) is 0 Å². The van der Waals surface area contributed by atoms with Gasteiger partial charge in [-0.15, -0.1) is 0 Å². The molecule has 10 nitrogen and oxygen atoms in total. The van der Waals surface area contributed by atoms with Crippen LogP contribution < -0.4 is 17.2 Å². The zero-order valence-electron chi connectivity index (χ0n) is 14.3. The Morgan fingerprint density at radius 2 is 1.08 bits per heavy atom. The number of carbonyl (C=O) groups excluding carboxylic acids is 3. The summed E-state index contributed by atoms with van der Waals surface area (Å²) in [6.07, 6.45) is 0. The largest absolute Gasteiger partial charge is 0.468 e. The molecule has 0 aliphatic rings.